The summed E-state index contributed by atoms with van der Waals surface area (Å²) in [4.78, 5) is 31.0. The van der Waals surface area contributed by atoms with Gasteiger partial charge in [0.1, 0.15) is 0 Å². The van der Waals surface area contributed by atoms with Crippen molar-refractivity contribution in [2.45, 2.75) is 20.3 Å². The number of aromatic nitrogens is 3. The van der Waals surface area contributed by atoms with Crippen molar-refractivity contribution >= 4 is 23.3 Å². The number of carbonyl (C=O) groups excluding carboxylic acids is 2. The van der Waals surface area contributed by atoms with Gasteiger partial charge < -0.3 is 10.2 Å². The van der Waals surface area contributed by atoms with Crippen LogP contribution in [0.3, 0.4) is 0 Å². The van der Waals surface area contributed by atoms with Gasteiger partial charge in [0, 0.05) is 42.3 Å². The van der Waals surface area contributed by atoms with Gasteiger partial charge in [-0.25, -0.2) is 0 Å². The second-order valence-electron chi connectivity index (χ2n) is 7.04. The maximum Gasteiger partial charge on any atom is 0.231 e. The lowest BCUT2D eigenvalue weighted by molar-refractivity contribution is -0.122. The summed E-state index contributed by atoms with van der Waals surface area (Å²) in [6.07, 6.45) is 3.58. The first-order chi connectivity index (χ1) is 13.5. The zero-order valence-electron chi connectivity index (χ0n) is 15.8. The molecule has 142 valence electrons. The first-order valence-electron chi connectivity index (χ1n) is 9.16. The average Bonchev–Trinajstić information content (AvgIpc) is 3.26. The fourth-order valence-electron chi connectivity index (χ4n) is 3.47. The maximum atomic E-state index is 12.8. The van der Waals surface area contributed by atoms with E-state index >= 15 is 0 Å². The van der Waals surface area contributed by atoms with Crippen molar-refractivity contribution in [1.82, 2.24) is 15.2 Å². The van der Waals surface area contributed by atoms with Crippen LogP contribution in [0, 0.1) is 19.8 Å². The summed E-state index contributed by atoms with van der Waals surface area (Å²) in [5.41, 5.74) is 4.54. The Labute approximate surface area is 162 Å². The van der Waals surface area contributed by atoms with Gasteiger partial charge in [0.05, 0.1) is 5.92 Å². The van der Waals surface area contributed by atoms with Gasteiger partial charge in [-0.05, 0) is 43.7 Å². The molecule has 4 rings (SSSR count). The van der Waals surface area contributed by atoms with Gasteiger partial charge in [-0.3, -0.25) is 19.7 Å². The number of pyridine rings is 1. The minimum absolute atomic E-state index is 0.0448. The molecule has 1 aliphatic rings. The Morgan fingerprint density at radius 3 is 2.57 bits per heavy atom. The van der Waals surface area contributed by atoms with Crippen LogP contribution >= 0.6 is 0 Å². The minimum Gasteiger partial charge on any atom is -0.312 e. The van der Waals surface area contributed by atoms with Crippen molar-refractivity contribution in [2.75, 3.05) is 16.8 Å². The van der Waals surface area contributed by atoms with Crippen molar-refractivity contribution in [1.29, 1.82) is 0 Å². The van der Waals surface area contributed by atoms with E-state index in [0.29, 0.717) is 12.4 Å². The number of anilines is 2. The smallest absolute Gasteiger partial charge is 0.231 e. The lowest BCUT2D eigenvalue weighted by Crippen LogP contribution is -2.28. The zero-order valence-corrected chi connectivity index (χ0v) is 15.8. The lowest BCUT2D eigenvalue weighted by Gasteiger charge is -2.17. The fraction of sp³-hybridized carbons (Fsp3) is 0.238. The molecule has 2 amide bonds. The molecular formula is C21H21N5O2. The molecule has 0 bridgehead atoms. The van der Waals surface area contributed by atoms with Crippen LogP contribution in [0.5, 0.6) is 0 Å². The molecule has 0 radical (unpaired) electrons. The monoisotopic (exact) mass is 375 g/mol. The number of amides is 2. The zero-order chi connectivity index (χ0) is 19.7. The molecular weight excluding hydrogens is 354 g/mol. The summed E-state index contributed by atoms with van der Waals surface area (Å²) in [7, 11) is 0. The molecule has 0 saturated carbocycles. The van der Waals surface area contributed by atoms with Gasteiger partial charge in [-0.2, -0.15) is 5.10 Å². The average molecular weight is 375 g/mol. The van der Waals surface area contributed by atoms with E-state index in [9.17, 15) is 9.59 Å². The standard InChI is InChI=1S/C21H21N5O2/c1-13-3-5-17(6-4-13)26-12-16(11-18(26)27)21(28)23-20-19(14(2)24-25-20)15-7-9-22-10-8-15/h3-10,16H,11-12H2,1-2H3,(H2,23,24,25,28). The van der Waals surface area contributed by atoms with E-state index in [1.807, 2.05) is 50.2 Å². The highest BCUT2D eigenvalue weighted by atomic mass is 16.2. The lowest BCUT2D eigenvalue weighted by atomic mass is 10.1. The molecule has 2 N–H and O–H groups in total. The van der Waals surface area contributed by atoms with Crippen LogP contribution in [0.2, 0.25) is 0 Å². The Hall–Kier alpha value is -3.48. The molecule has 1 unspecified atom stereocenters. The van der Waals surface area contributed by atoms with Crippen molar-refractivity contribution in [3.05, 3.63) is 60.0 Å². The Bertz CT molecular complexity index is 1010. The minimum atomic E-state index is -0.420. The molecule has 1 fully saturated rings. The Morgan fingerprint density at radius 2 is 1.86 bits per heavy atom. The first-order valence-corrected chi connectivity index (χ1v) is 9.16. The van der Waals surface area contributed by atoms with E-state index < -0.39 is 5.92 Å². The van der Waals surface area contributed by atoms with Crippen LogP contribution < -0.4 is 10.2 Å². The number of hydrogen-bond donors (Lipinski definition) is 2. The number of benzene rings is 1. The van der Waals surface area contributed by atoms with Crippen molar-refractivity contribution < 1.29 is 9.59 Å². The van der Waals surface area contributed by atoms with Gasteiger partial charge in [-0.1, -0.05) is 17.7 Å². The van der Waals surface area contributed by atoms with E-state index in [0.717, 1.165) is 28.1 Å². The molecule has 2 aromatic heterocycles. The number of nitrogens with zero attached hydrogens (tertiary/aromatic N) is 3. The molecule has 1 aliphatic heterocycles. The van der Waals surface area contributed by atoms with Crippen LogP contribution in [-0.4, -0.2) is 33.5 Å². The Morgan fingerprint density at radius 1 is 1.14 bits per heavy atom. The number of nitrogens with one attached hydrogen (secondary N) is 2. The van der Waals surface area contributed by atoms with Crippen molar-refractivity contribution in [3.8, 4) is 11.1 Å². The number of rotatable bonds is 4. The van der Waals surface area contributed by atoms with Crippen LogP contribution in [-0.2, 0) is 9.59 Å². The van der Waals surface area contributed by atoms with Crippen LogP contribution in [0.25, 0.3) is 11.1 Å². The maximum absolute atomic E-state index is 12.8. The summed E-state index contributed by atoms with van der Waals surface area (Å²) < 4.78 is 0. The third-order valence-electron chi connectivity index (χ3n) is 5.00. The Kier molecular flexibility index (Phi) is 4.65. The molecule has 3 aromatic rings. The van der Waals surface area contributed by atoms with E-state index in [-0.39, 0.29) is 18.2 Å². The summed E-state index contributed by atoms with van der Waals surface area (Å²) >= 11 is 0. The highest BCUT2D eigenvalue weighted by Crippen LogP contribution is 2.31. The summed E-state index contributed by atoms with van der Waals surface area (Å²) in [5.74, 6) is -0.202. The van der Waals surface area contributed by atoms with Crippen LogP contribution in [0.15, 0.2) is 48.8 Å². The van der Waals surface area contributed by atoms with Gasteiger partial charge in [0.2, 0.25) is 11.8 Å². The first kappa shape index (κ1) is 17.9. The van der Waals surface area contributed by atoms with E-state index in [2.05, 4.69) is 20.5 Å². The number of aryl methyl sites for hydroxylation is 2. The quantitative estimate of drug-likeness (QED) is 0.733. The van der Waals surface area contributed by atoms with Gasteiger partial charge in [-0.15, -0.1) is 0 Å². The second-order valence-corrected chi connectivity index (χ2v) is 7.04. The highest BCUT2D eigenvalue weighted by molar-refractivity contribution is 6.04. The predicted octanol–water partition coefficient (Wildman–Crippen LogP) is 3.08. The third kappa shape index (κ3) is 3.38. The van der Waals surface area contributed by atoms with Crippen LogP contribution in [0.4, 0.5) is 11.5 Å². The summed E-state index contributed by atoms with van der Waals surface area (Å²) in [6, 6.07) is 11.5. The highest BCUT2D eigenvalue weighted by Gasteiger charge is 2.35. The third-order valence-corrected chi connectivity index (χ3v) is 5.00. The van der Waals surface area contributed by atoms with E-state index in [1.165, 1.54) is 0 Å². The van der Waals surface area contributed by atoms with Gasteiger partial charge in [0.25, 0.3) is 0 Å². The number of aromatic amines is 1. The van der Waals surface area contributed by atoms with Gasteiger partial charge >= 0.3 is 0 Å². The molecule has 1 saturated heterocycles. The topological polar surface area (TPSA) is 91.0 Å². The number of hydrogen-bond acceptors (Lipinski definition) is 4. The SMILES string of the molecule is Cc1ccc(N2CC(C(=O)Nc3n[nH]c(C)c3-c3ccncc3)CC2=O)cc1. The normalized spacial score (nSPS) is 16.4. The van der Waals surface area contributed by atoms with Crippen molar-refractivity contribution in [3.63, 3.8) is 0 Å². The molecule has 0 aliphatic carbocycles. The number of carbonyl (C=O) groups is 2. The largest absolute Gasteiger partial charge is 0.312 e. The number of H-pyrrole nitrogens is 1. The van der Waals surface area contributed by atoms with E-state index in [4.69, 9.17) is 0 Å². The van der Waals surface area contributed by atoms with Gasteiger partial charge in [0.15, 0.2) is 5.82 Å². The predicted molar refractivity (Wildman–Crippen MR) is 107 cm³/mol. The molecule has 1 aromatic carbocycles. The second kappa shape index (κ2) is 7.26. The molecule has 0 spiro atoms. The summed E-state index contributed by atoms with van der Waals surface area (Å²) in [6.45, 7) is 4.26. The van der Waals surface area contributed by atoms with E-state index in [1.54, 1.807) is 17.3 Å². The molecule has 7 nitrogen and oxygen atoms in total. The Balaban J connectivity index is 1.51. The summed E-state index contributed by atoms with van der Waals surface area (Å²) in [5, 5.41) is 10.0. The molecule has 7 heteroatoms. The molecule has 1 atom stereocenters. The van der Waals surface area contributed by atoms with Crippen molar-refractivity contribution in [2.24, 2.45) is 5.92 Å². The molecule has 3 heterocycles. The molecule has 28 heavy (non-hydrogen) atoms. The fourth-order valence-corrected chi connectivity index (χ4v) is 3.47. The van der Waals surface area contributed by atoms with Crippen LogP contribution in [0.1, 0.15) is 17.7 Å².